The zero-order valence-corrected chi connectivity index (χ0v) is 11.3. The lowest BCUT2D eigenvalue weighted by Crippen LogP contribution is -2.44. The Morgan fingerprint density at radius 3 is 2.50 bits per heavy atom. The lowest BCUT2D eigenvalue weighted by molar-refractivity contribution is -0.143. The van der Waals surface area contributed by atoms with Crippen molar-refractivity contribution in [3.05, 3.63) is 0 Å². The van der Waals surface area contributed by atoms with Gasteiger partial charge in [-0.15, -0.1) is 0 Å². The normalized spacial score (nSPS) is 31.3. The molecular formula is C14H23NO3. The van der Waals surface area contributed by atoms with E-state index in [1.807, 2.05) is 13.8 Å². The van der Waals surface area contributed by atoms with Gasteiger partial charge in [0.1, 0.15) is 0 Å². The fourth-order valence-corrected chi connectivity index (χ4v) is 3.81. The number of aliphatic carboxylic acids is 1. The number of carboxylic acids is 1. The van der Waals surface area contributed by atoms with E-state index in [0.717, 1.165) is 12.3 Å². The van der Waals surface area contributed by atoms with Crippen LogP contribution in [0.15, 0.2) is 0 Å². The zero-order valence-electron chi connectivity index (χ0n) is 11.3. The Bertz CT molecular complexity index is 342. The summed E-state index contributed by atoms with van der Waals surface area (Å²) in [6, 6.07) is -0.195. The number of fused-ring (bicyclic) bond motifs is 2. The van der Waals surface area contributed by atoms with Gasteiger partial charge in [-0.05, 0) is 44.9 Å². The fraction of sp³-hybridized carbons (Fsp3) is 0.857. The minimum atomic E-state index is -0.832. The van der Waals surface area contributed by atoms with Gasteiger partial charge in [-0.1, -0.05) is 6.42 Å². The molecule has 4 heteroatoms. The third kappa shape index (κ3) is 2.52. The van der Waals surface area contributed by atoms with Gasteiger partial charge in [0, 0.05) is 18.5 Å². The summed E-state index contributed by atoms with van der Waals surface area (Å²) in [5, 5.41) is 8.84. The Morgan fingerprint density at radius 2 is 2.06 bits per heavy atom. The molecule has 102 valence electrons. The topological polar surface area (TPSA) is 57.6 Å². The first-order valence-electron chi connectivity index (χ1n) is 7.05. The van der Waals surface area contributed by atoms with Crippen LogP contribution >= 0.6 is 0 Å². The van der Waals surface area contributed by atoms with E-state index in [2.05, 4.69) is 0 Å². The molecule has 18 heavy (non-hydrogen) atoms. The van der Waals surface area contributed by atoms with E-state index in [0.29, 0.717) is 12.5 Å². The van der Waals surface area contributed by atoms with Gasteiger partial charge in [-0.2, -0.15) is 0 Å². The molecule has 2 rings (SSSR count). The van der Waals surface area contributed by atoms with E-state index < -0.39 is 5.97 Å². The second-order valence-corrected chi connectivity index (χ2v) is 5.85. The van der Waals surface area contributed by atoms with Gasteiger partial charge in [-0.3, -0.25) is 9.59 Å². The smallest absolute Gasteiger partial charge is 0.305 e. The molecule has 2 fully saturated rings. The van der Waals surface area contributed by atoms with Crippen molar-refractivity contribution < 1.29 is 14.7 Å². The summed E-state index contributed by atoms with van der Waals surface area (Å²) < 4.78 is 0. The van der Waals surface area contributed by atoms with Crippen LogP contribution in [0, 0.1) is 17.8 Å². The number of carbonyl (C=O) groups excluding carboxylic acids is 1. The van der Waals surface area contributed by atoms with Gasteiger partial charge in [0.05, 0.1) is 6.42 Å². The predicted octanol–water partition coefficient (Wildman–Crippen LogP) is 2.13. The first kappa shape index (κ1) is 13.4. The van der Waals surface area contributed by atoms with Gasteiger partial charge in [0.15, 0.2) is 0 Å². The number of carbonyl (C=O) groups is 2. The fourth-order valence-electron chi connectivity index (χ4n) is 3.81. The van der Waals surface area contributed by atoms with Crippen molar-refractivity contribution in [2.75, 3.05) is 6.54 Å². The first-order valence-corrected chi connectivity index (χ1v) is 7.05. The van der Waals surface area contributed by atoms with Gasteiger partial charge in [0.25, 0.3) is 0 Å². The van der Waals surface area contributed by atoms with E-state index in [1.165, 1.54) is 19.3 Å². The highest BCUT2D eigenvalue weighted by atomic mass is 16.4. The summed E-state index contributed by atoms with van der Waals surface area (Å²) in [5.41, 5.74) is 0. The highest BCUT2D eigenvalue weighted by molar-refractivity contribution is 5.80. The summed E-state index contributed by atoms with van der Waals surface area (Å²) in [4.78, 5) is 25.0. The largest absolute Gasteiger partial charge is 0.481 e. The first-order chi connectivity index (χ1) is 8.52. The zero-order chi connectivity index (χ0) is 13.3. The van der Waals surface area contributed by atoms with E-state index in [1.54, 1.807) is 4.90 Å². The average molecular weight is 253 g/mol. The molecule has 0 aromatic heterocycles. The van der Waals surface area contributed by atoms with Crippen molar-refractivity contribution in [2.45, 2.75) is 52.0 Å². The lowest BCUT2D eigenvalue weighted by atomic mass is 9.87. The molecule has 0 heterocycles. The summed E-state index contributed by atoms with van der Waals surface area (Å²) in [7, 11) is 0. The summed E-state index contributed by atoms with van der Waals surface area (Å²) >= 11 is 0. The Hall–Kier alpha value is -1.06. The molecule has 0 radical (unpaired) electrons. The number of amides is 1. The third-order valence-electron chi connectivity index (χ3n) is 4.68. The average Bonchev–Trinajstić information content (AvgIpc) is 2.90. The Kier molecular flexibility index (Phi) is 3.93. The van der Waals surface area contributed by atoms with Crippen LogP contribution in [0.25, 0.3) is 0 Å². The van der Waals surface area contributed by atoms with Crippen LogP contribution < -0.4 is 0 Å². The Labute approximate surface area is 108 Å². The van der Waals surface area contributed by atoms with Crippen molar-refractivity contribution in [3.63, 3.8) is 0 Å². The van der Waals surface area contributed by atoms with Crippen molar-refractivity contribution in [1.29, 1.82) is 0 Å². The van der Waals surface area contributed by atoms with Crippen LogP contribution in [0.1, 0.15) is 46.0 Å². The highest BCUT2D eigenvalue weighted by Gasteiger charge is 2.44. The monoisotopic (exact) mass is 253 g/mol. The van der Waals surface area contributed by atoms with Crippen LogP contribution in [0.5, 0.6) is 0 Å². The number of carboxylic acid groups (broad SMARTS) is 1. The van der Waals surface area contributed by atoms with Crippen molar-refractivity contribution in [3.8, 4) is 0 Å². The number of hydrogen-bond acceptors (Lipinski definition) is 2. The molecule has 4 atom stereocenters. The maximum atomic E-state index is 12.5. The molecule has 0 aromatic rings. The lowest BCUT2D eigenvalue weighted by Gasteiger charge is -2.32. The highest BCUT2D eigenvalue weighted by Crippen LogP contribution is 2.49. The Balaban J connectivity index is 1.99. The molecular weight excluding hydrogens is 230 g/mol. The van der Waals surface area contributed by atoms with Crippen LogP contribution in [-0.4, -0.2) is 34.5 Å². The maximum absolute atomic E-state index is 12.5. The summed E-state index contributed by atoms with van der Waals surface area (Å²) in [6.07, 6.45) is 4.75. The van der Waals surface area contributed by atoms with Gasteiger partial charge >= 0.3 is 5.97 Å². The molecule has 2 aliphatic rings. The molecule has 4 nitrogen and oxygen atoms in total. The molecule has 1 amide bonds. The van der Waals surface area contributed by atoms with E-state index >= 15 is 0 Å². The predicted molar refractivity (Wildman–Crippen MR) is 68.0 cm³/mol. The Morgan fingerprint density at radius 1 is 1.33 bits per heavy atom. The van der Waals surface area contributed by atoms with E-state index in [-0.39, 0.29) is 24.3 Å². The standard InChI is InChI=1S/C14H23NO3/c1-3-15(9(2)6-13(16)17)14(18)12-8-10-4-5-11(12)7-10/h9-12H,3-8H2,1-2H3,(H,16,17). The second kappa shape index (κ2) is 5.29. The van der Waals surface area contributed by atoms with Crippen LogP contribution in [0.2, 0.25) is 0 Å². The summed E-state index contributed by atoms with van der Waals surface area (Å²) in [6.45, 7) is 4.38. The molecule has 0 saturated heterocycles. The minimum Gasteiger partial charge on any atom is -0.481 e. The molecule has 4 unspecified atom stereocenters. The van der Waals surface area contributed by atoms with Gasteiger partial charge in [-0.25, -0.2) is 0 Å². The van der Waals surface area contributed by atoms with E-state index in [9.17, 15) is 9.59 Å². The van der Waals surface area contributed by atoms with E-state index in [4.69, 9.17) is 5.11 Å². The third-order valence-corrected chi connectivity index (χ3v) is 4.68. The quantitative estimate of drug-likeness (QED) is 0.816. The SMILES string of the molecule is CCN(C(=O)C1CC2CCC1C2)C(C)CC(=O)O. The minimum absolute atomic E-state index is 0.0421. The maximum Gasteiger partial charge on any atom is 0.305 e. The molecule has 2 bridgehead atoms. The molecule has 2 saturated carbocycles. The van der Waals surface area contributed by atoms with Gasteiger partial charge < -0.3 is 10.0 Å². The number of rotatable bonds is 5. The van der Waals surface area contributed by atoms with Crippen LogP contribution in [-0.2, 0) is 9.59 Å². The van der Waals surface area contributed by atoms with Crippen molar-refractivity contribution >= 4 is 11.9 Å². The molecule has 2 aliphatic carbocycles. The molecule has 0 aliphatic heterocycles. The number of hydrogen-bond donors (Lipinski definition) is 1. The molecule has 1 N–H and O–H groups in total. The van der Waals surface area contributed by atoms with Crippen molar-refractivity contribution in [2.24, 2.45) is 17.8 Å². The van der Waals surface area contributed by atoms with Gasteiger partial charge in [0.2, 0.25) is 5.91 Å². The number of nitrogens with zero attached hydrogens (tertiary/aromatic N) is 1. The van der Waals surface area contributed by atoms with Crippen LogP contribution in [0.3, 0.4) is 0 Å². The second-order valence-electron chi connectivity index (χ2n) is 5.85. The summed E-state index contributed by atoms with van der Waals surface area (Å²) in [5.74, 6) is 0.839. The molecule has 0 aromatic carbocycles. The van der Waals surface area contributed by atoms with Crippen LogP contribution in [0.4, 0.5) is 0 Å². The molecule has 0 spiro atoms. The van der Waals surface area contributed by atoms with Crippen molar-refractivity contribution in [1.82, 2.24) is 4.90 Å².